The molecule has 0 aromatic heterocycles. The first-order valence-electron chi connectivity index (χ1n) is 6.62. The Labute approximate surface area is 113 Å². The van der Waals surface area contributed by atoms with Gasteiger partial charge in [0.05, 0.1) is 0 Å². The molecule has 1 saturated heterocycles. The molecule has 1 aliphatic carbocycles. The number of rotatable bonds is 2. The number of Topliss-reactive ketones (excluding diaryl/α,β-unsaturated/α-hetero) is 1. The van der Waals surface area contributed by atoms with Gasteiger partial charge in [0.2, 0.25) is 5.78 Å². The van der Waals surface area contributed by atoms with Crippen molar-refractivity contribution in [1.29, 1.82) is 0 Å². The molecular formula is C17H18O2. The summed E-state index contributed by atoms with van der Waals surface area (Å²) in [5.41, 5.74) is 4.72. The minimum Gasteiger partial charge on any atom is -0.348 e. The Kier molecular flexibility index (Phi) is 2.55. The van der Waals surface area contributed by atoms with Gasteiger partial charge in [0.1, 0.15) is 6.10 Å². The van der Waals surface area contributed by atoms with Crippen LogP contribution in [0, 0.1) is 13.8 Å². The molecule has 0 bridgehead atoms. The normalized spacial score (nSPS) is 28.3. The number of ether oxygens (including phenoxy) is 1. The predicted molar refractivity (Wildman–Crippen MR) is 75.4 cm³/mol. The molecule has 0 radical (unpaired) electrons. The van der Waals surface area contributed by atoms with Gasteiger partial charge in [-0.05, 0) is 62.1 Å². The lowest BCUT2D eigenvalue weighted by atomic mass is 9.85. The van der Waals surface area contributed by atoms with Gasteiger partial charge in [-0.15, -0.1) is 0 Å². The molecule has 1 fully saturated rings. The fraction of sp³-hybridized carbons (Fsp3) is 0.353. The van der Waals surface area contributed by atoms with E-state index in [4.69, 9.17) is 4.74 Å². The molecule has 1 aromatic carbocycles. The van der Waals surface area contributed by atoms with Gasteiger partial charge < -0.3 is 4.74 Å². The maximum Gasteiger partial charge on any atom is 0.201 e. The summed E-state index contributed by atoms with van der Waals surface area (Å²) in [6.45, 7) is 8.17. The molecule has 0 saturated carbocycles. The molecular weight excluding hydrogens is 236 g/mol. The van der Waals surface area contributed by atoms with E-state index < -0.39 is 5.60 Å². The standard InChI is InChI=1S/C17H18O2/c1-10-5-6-14(9-12(10)3)15(18)17-8-7-11(2)13(4)16(17)19-17/h5-9,16H,1-4H3. The first-order valence-corrected chi connectivity index (χ1v) is 6.62. The van der Waals surface area contributed by atoms with E-state index in [-0.39, 0.29) is 11.9 Å². The van der Waals surface area contributed by atoms with Crippen LogP contribution in [0.15, 0.2) is 41.5 Å². The van der Waals surface area contributed by atoms with Crippen molar-refractivity contribution in [2.75, 3.05) is 0 Å². The van der Waals surface area contributed by atoms with Crippen molar-refractivity contribution in [2.24, 2.45) is 0 Å². The Hall–Kier alpha value is -1.67. The second-order valence-electron chi connectivity index (χ2n) is 5.62. The highest BCUT2D eigenvalue weighted by molar-refractivity contribution is 6.07. The predicted octanol–water partition coefficient (Wildman–Crippen LogP) is 3.53. The number of epoxide rings is 1. The van der Waals surface area contributed by atoms with Crippen molar-refractivity contribution in [3.63, 3.8) is 0 Å². The summed E-state index contributed by atoms with van der Waals surface area (Å²) in [4.78, 5) is 12.7. The second kappa shape index (κ2) is 3.91. The maximum atomic E-state index is 12.7. The fourth-order valence-corrected chi connectivity index (χ4v) is 2.64. The average molecular weight is 254 g/mol. The van der Waals surface area contributed by atoms with Crippen molar-refractivity contribution in [3.8, 4) is 0 Å². The molecule has 2 heteroatoms. The van der Waals surface area contributed by atoms with Gasteiger partial charge in [-0.25, -0.2) is 0 Å². The van der Waals surface area contributed by atoms with Gasteiger partial charge in [0.25, 0.3) is 0 Å². The van der Waals surface area contributed by atoms with Crippen LogP contribution in [0.4, 0.5) is 0 Å². The van der Waals surface area contributed by atoms with Crippen molar-refractivity contribution in [2.45, 2.75) is 39.4 Å². The van der Waals surface area contributed by atoms with Crippen LogP contribution in [0.3, 0.4) is 0 Å². The molecule has 2 atom stereocenters. The summed E-state index contributed by atoms with van der Waals surface area (Å²) < 4.78 is 5.74. The third-order valence-electron chi connectivity index (χ3n) is 4.37. The van der Waals surface area contributed by atoms with E-state index in [1.165, 1.54) is 16.7 Å². The molecule has 1 aromatic rings. The van der Waals surface area contributed by atoms with E-state index >= 15 is 0 Å². The van der Waals surface area contributed by atoms with E-state index in [2.05, 4.69) is 13.8 Å². The Morgan fingerprint density at radius 2 is 1.89 bits per heavy atom. The lowest BCUT2D eigenvalue weighted by molar-refractivity contribution is 0.0909. The van der Waals surface area contributed by atoms with Crippen molar-refractivity contribution < 1.29 is 9.53 Å². The second-order valence-corrected chi connectivity index (χ2v) is 5.62. The third kappa shape index (κ3) is 1.71. The highest BCUT2D eigenvalue weighted by atomic mass is 16.6. The highest BCUT2D eigenvalue weighted by Gasteiger charge is 2.62. The quantitative estimate of drug-likeness (QED) is 0.597. The summed E-state index contributed by atoms with van der Waals surface area (Å²) in [6.07, 6.45) is 3.85. The monoisotopic (exact) mass is 254 g/mol. The molecule has 98 valence electrons. The Morgan fingerprint density at radius 3 is 2.58 bits per heavy atom. The molecule has 19 heavy (non-hydrogen) atoms. The molecule has 0 spiro atoms. The van der Waals surface area contributed by atoms with Crippen LogP contribution in [0.25, 0.3) is 0 Å². The molecule has 0 amide bonds. The zero-order valence-corrected chi connectivity index (χ0v) is 11.8. The number of hydrogen-bond acceptors (Lipinski definition) is 2. The van der Waals surface area contributed by atoms with E-state index in [1.54, 1.807) is 0 Å². The number of carbonyl (C=O) groups excluding carboxylic acids is 1. The molecule has 2 aliphatic rings. The molecule has 2 unspecified atom stereocenters. The van der Waals surface area contributed by atoms with Crippen LogP contribution < -0.4 is 0 Å². The molecule has 1 heterocycles. The molecule has 0 N–H and O–H groups in total. The van der Waals surface area contributed by atoms with Crippen LogP contribution in [-0.2, 0) is 4.74 Å². The lowest BCUT2D eigenvalue weighted by Gasteiger charge is -2.13. The summed E-state index contributed by atoms with van der Waals surface area (Å²) in [5, 5.41) is 0. The van der Waals surface area contributed by atoms with Gasteiger partial charge in [-0.3, -0.25) is 4.79 Å². The number of ketones is 1. The number of fused-ring (bicyclic) bond motifs is 1. The van der Waals surface area contributed by atoms with Gasteiger partial charge in [0, 0.05) is 5.56 Å². The third-order valence-corrected chi connectivity index (χ3v) is 4.37. The number of carbonyl (C=O) groups is 1. The topological polar surface area (TPSA) is 29.6 Å². The molecule has 1 aliphatic heterocycles. The number of allylic oxidation sites excluding steroid dienone is 2. The largest absolute Gasteiger partial charge is 0.348 e. The van der Waals surface area contributed by atoms with Gasteiger partial charge in [-0.1, -0.05) is 18.2 Å². The zero-order chi connectivity index (χ0) is 13.8. The Balaban J connectivity index is 1.95. The van der Waals surface area contributed by atoms with Crippen molar-refractivity contribution in [1.82, 2.24) is 0 Å². The lowest BCUT2D eigenvalue weighted by Crippen LogP contribution is -2.27. The van der Waals surface area contributed by atoms with Crippen LogP contribution >= 0.6 is 0 Å². The summed E-state index contributed by atoms with van der Waals surface area (Å²) in [5.74, 6) is 0.0729. The first-order chi connectivity index (χ1) is 8.95. The fourth-order valence-electron chi connectivity index (χ4n) is 2.64. The minimum atomic E-state index is -0.731. The van der Waals surface area contributed by atoms with Gasteiger partial charge in [0.15, 0.2) is 5.60 Å². The highest BCUT2D eigenvalue weighted by Crippen LogP contribution is 2.48. The van der Waals surface area contributed by atoms with Gasteiger partial charge >= 0.3 is 0 Å². The smallest absolute Gasteiger partial charge is 0.201 e. The SMILES string of the molecule is CC1=C(C)C2OC2(C(=O)c2ccc(C)c(C)c2)C=C1. The molecule has 3 rings (SSSR count). The Morgan fingerprint density at radius 1 is 1.16 bits per heavy atom. The summed E-state index contributed by atoms with van der Waals surface area (Å²) in [7, 11) is 0. The van der Waals surface area contributed by atoms with Crippen LogP contribution in [-0.4, -0.2) is 17.5 Å². The zero-order valence-electron chi connectivity index (χ0n) is 11.8. The van der Waals surface area contributed by atoms with E-state index in [9.17, 15) is 4.79 Å². The van der Waals surface area contributed by atoms with Crippen LogP contribution in [0.5, 0.6) is 0 Å². The summed E-state index contributed by atoms with van der Waals surface area (Å²) >= 11 is 0. The van der Waals surface area contributed by atoms with E-state index in [0.717, 1.165) is 11.1 Å². The first kappa shape index (κ1) is 12.4. The van der Waals surface area contributed by atoms with Crippen LogP contribution in [0.2, 0.25) is 0 Å². The number of benzene rings is 1. The maximum absolute atomic E-state index is 12.7. The molecule has 2 nitrogen and oxygen atoms in total. The number of aryl methyl sites for hydroxylation is 2. The Bertz CT molecular complexity index is 637. The average Bonchev–Trinajstić information content (AvgIpc) is 3.13. The van der Waals surface area contributed by atoms with E-state index in [1.807, 2.05) is 44.2 Å². The van der Waals surface area contributed by atoms with Crippen molar-refractivity contribution >= 4 is 5.78 Å². The minimum absolute atomic E-state index is 0.0633. The van der Waals surface area contributed by atoms with Gasteiger partial charge in [-0.2, -0.15) is 0 Å². The summed E-state index contributed by atoms with van der Waals surface area (Å²) in [6, 6.07) is 5.85. The van der Waals surface area contributed by atoms with E-state index in [0.29, 0.717) is 0 Å². The van der Waals surface area contributed by atoms with Crippen molar-refractivity contribution in [3.05, 3.63) is 58.2 Å². The van der Waals surface area contributed by atoms with Crippen LogP contribution in [0.1, 0.15) is 35.3 Å². The number of hydrogen-bond donors (Lipinski definition) is 0.